The third-order valence-corrected chi connectivity index (χ3v) is 3.24. The van der Waals surface area contributed by atoms with Gasteiger partial charge in [0.2, 0.25) is 5.91 Å². The first-order valence-corrected chi connectivity index (χ1v) is 7.71. The van der Waals surface area contributed by atoms with Crippen molar-refractivity contribution in [2.45, 2.75) is 78.7 Å². The van der Waals surface area contributed by atoms with Crippen molar-refractivity contribution in [3.8, 4) is 0 Å². The molecule has 1 aromatic rings. The molecule has 0 unspecified atom stereocenters. The Labute approximate surface area is 122 Å². The van der Waals surface area contributed by atoms with E-state index in [0.29, 0.717) is 6.42 Å². The van der Waals surface area contributed by atoms with Gasteiger partial charge >= 0.3 is 0 Å². The number of aryl methyl sites for hydroxylation is 1. The van der Waals surface area contributed by atoms with E-state index in [0.717, 1.165) is 24.4 Å². The van der Waals surface area contributed by atoms with Crippen LogP contribution < -0.4 is 5.32 Å². The number of anilines is 1. The van der Waals surface area contributed by atoms with Gasteiger partial charge in [0.05, 0.1) is 11.2 Å². The lowest BCUT2D eigenvalue weighted by atomic mass is 10.1. The molecule has 1 N–H and O–H groups in total. The smallest absolute Gasteiger partial charge is 0.225 e. The number of hydrogen-bond acceptors (Lipinski definition) is 2. The Morgan fingerprint density at radius 1 is 1.25 bits per heavy atom. The van der Waals surface area contributed by atoms with Crippen LogP contribution in [0.3, 0.4) is 0 Å². The van der Waals surface area contributed by atoms with Crippen molar-refractivity contribution in [2.24, 2.45) is 0 Å². The monoisotopic (exact) mass is 279 g/mol. The minimum Gasteiger partial charge on any atom is -0.311 e. The maximum absolute atomic E-state index is 12.0. The number of amides is 1. The summed E-state index contributed by atoms with van der Waals surface area (Å²) in [6.07, 6.45) is 6.42. The van der Waals surface area contributed by atoms with Crippen LogP contribution in [0.5, 0.6) is 0 Å². The lowest BCUT2D eigenvalue weighted by Crippen LogP contribution is -2.26. The lowest BCUT2D eigenvalue weighted by molar-refractivity contribution is -0.116. The Kier molecular flexibility index (Phi) is 6.24. The molecule has 0 bridgehead atoms. The van der Waals surface area contributed by atoms with E-state index in [9.17, 15) is 4.79 Å². The molecule has 20 heavy (non-hydrogen) atoms. The lowest BCUT2D eigenvalue weighted by Gasteiger charge is -2.22. The number of nitrogens with zero attached hydrogens (tertiary/aromatic N) is 2. The molecule has 0 atom stereocenters. The summed E-state index contributed by atoms with van der Waals surface area (Å²) in [5.74, 6) is 0.889. The van der Waals surface area contributed by atoms with Gasteiger partial charge in [-0.3, -0.25) is 4.79 Å². The van der Waals surface area contributed by atoms with Gasteiger partial charge in [0.1, 0.15) is 5.82 Å². The summed E-state index contributed by atoms with van der Waals surface area (Å²) in [7, 11) is 0. The number of carbonyl (C=O) groups excluding carboxylic acids is 1. The van der Waals surface area contributed by atoms with Gasteiger partial charge in [-0.15, -0.1) is 0 Å². The van der Waals surface area contributed by atoms with Crippen LogP contribution in [0.4, 0.5) is 5.82 Å². The maximum atomic E-state index is 12.0. The second kappa shape index (κ2) is 7.46. The predicted molar refractivity (Wildman–Crippen MR) is 84.0 cm³/mol. The van der Waals surface area contributed by atoms with Gasteiger partial charge in [0, 0.05) is 12.5 Å². The molecule has 0 spiro atoms. The summed E-state index contributed by atoms with van der Waals surface area (Å²) in [5, 5.41) is 7.45. The van der Waals surface area contributed by atoms with E-state index < -0.39 is 0 Å². The molecule has 4 nitrogen and oxygen atoms in total. The van der Waals surface area contributed by atoms with Crippen LogP contribution in [-0.2, 0) is 10.3 Å². The van der Waals surface area contributed by atoms with Crippen LogP contribution in [0.2, 0.25) is 0 Å². The first kappa shape index (κ1) is 16.7. The topological polar surface area (TPSA) is 46.9 Å². The number of unbranched alkanes of at least 4 members (excludes halogenated alkanes) is 4. The fraction of sp³-hybridized carbons (Fsp3) is 0.750. The van der Waals surface area contributed by atoms with Gasteiger partial charge in [0.25, 0.3) is 0 Å². The zero-order valence-electron chi connectivity index (χ0n) is 13.6. The number of aromatic nitrogens is 2. The number of hydrogen-bond donors (Lipinski definition) is 1. The van der Waals surface area contributed by atoms with Crippen molar-refractivity contribution in [3.05, 3.63) is 11.8 Å². The van der Waals surface area contributed by atoms with Crippen LogP contribution in [0, 0.1) is 6.92 Å². The van der Waals surface area contributed by atoms with Gasteiger partial charge in [-0.25, -0.2) is 4.68 Å². The molecule has 114 valence electrons. The molecule has 0 aliphatic rings. The molecule has 0 saturated carbocycles. The van der Waals surface area contributed by atoms with Crippen molar-refractivity contribution < 1.29 is 4.79 Å². The average Bonchev–Trinajstić information content (AvgIpc) is 2.70. The van der Waals surface area contributed by atoms with E-state index in [1.165, 1.54) is 19.3 Å². The summed E-state index contributed by atoms with van der Waals surface area (Å²) in [4.78, 5) is 12.0. The maximum Gasteiger partial charge on any atom is 0.225 e. The fourth-order valence-corrected chi connectivity index (χ4v) is 2.19. The van der Waals surface area contributed by atoms with Crippen LogP contribution in [0.15, 0.2) is 6.07 Å². The molecule has 0 aliphatic heterocycles. The molecule has 1 heterocycles. The van der Waals surface area contributed by atoms with E-state index in [-0.39, 0.29) is 11.4 Å². The molecule has 0 radical (unpaired) electrons. The van der Waals surface area contributed by atoms with E-state index >= 15 is 0 Å². The van der Waals surface area contributed by atoms with Crippen LogP contribution in [-0.4, -0.2) is 15.7 Å². The Hall–Kier alpha value is -1.32. The highest BCUT2D eigenvalue weighted by molar-refractivity contribution is 5.89. The molecular weight excluding hydrogens is 250 g/mol. The summed E-state index contributed by atoms with van der Waals surface area (Å²) < 4.78 is 1.89. The minimum atomic E-state index is -0.127. The second-order valence-electron chi connectivity index (χ2n) is 6.47. The van der Waals surface area contributed by atoms with E-state index in [1.54, 1.807) is 0 Å². The molecule has 0 fully saturated rings. The molecule has 0 aliphatic carbocycles. The van der Waals surface area contributed by atoms with Gasteiger partial charge in [-0.1, -0.05) is 32.6 Å². The summed E-state index contributed by atoms with van der Waals surface area (Å²) in [5.41, 5.74) is 0.802. The molecular formula is C16H29N3O. The molecule has 1 amide bonds. The summed E-state index contributed by atoms with van der Waals surface area (Å²) in [6.45, 7) is 10.4. The highest BCUT2D eigenvalue weighted by Crippen LogP contribution is 2.21. The number of nitrogens with one attached hydrogen (secondary N) is 1. The first-order valence-electron chi connectivity index (χ1n) is 7.71. The Morgan fingerprint density at radius 2 is 1.90 bits per heavy atom. The van der Waals surface area contributed by atoms with E-state index in [1.807, 2.05) is 17.7 Å². The Morgan fingerprint density at radius 3 is 2.50 bits per heavy atom. The van der Waals surface area contributed by atoms with Gasteiger partial charge in [-0.05, 0) is 34.1 Å². The second-order valence-corrected chi connectivity index (χ2v) is 6.47. The predicted octanol–water partition coefficient (Wildman–Crippen LogP) is 4.25. The third-order valence-electron chi connectivity index (χ3n) is 3.24. The van der Waals surface area contributed by atoms with Gasteiger partial charge in [-0.2, -0.15) is 5.10 Å². The zero-order valence-corrected chi connectivity index (χ0v) is 13.6. The van der Waals surface area contributed by atoms with E-state index in [4.69, 9.17) is 0 Å². The molecule has 1 aromatic heterocycles. The largest absolute Gasteiger partial charge is 0.311 e. The highest BCUT2D eigenvalue weighted by Gasteiger charge is 2.19. The fourth-order valence-electron chi connectivity index (χ4n) is 2.19. The Balaban J connectivity index is 2.50. The molecule has 0 saturated heterocycles. The minimum absolute atomic E-state index is 0.0897. The zero-order chi connectivity index (χ0) is 15.2. The van der Waals surface area contributed by atoms with Gasteiger partial charge < -0.3 is 5.32 Å². The van der Waals surface area contributed by atoms with Crippen LogP contribution in [0.25, 0.3) is 0 Å². The normalized spacial score (nSPS) is 11.7. The Bertz CT molecular complexity index is 429. The van der Waals surface area contributed by atoms with Crippen LogP contribution >= 0.6 is 0 Å². The van der Waals surface area contributed by atoms with Crippen molar-refractivity contribution in [2.75, 3.05) is 5.32 Å². The number of rotatable bonds is 7. The average molecular weight is 279 g/mol. The van der Waals surface area contributed by atoms with Crippen LogP contribution in [0.1, 0.15) is 71.9 Å². The summed E-state index contributed by atoms with van der Waals surface area (Å²) >= 11 is 0. The van der Waals surface area contributed by atoms with E-state index in [2.05, 4.69) is 38.1 Å². The van der Waals surface area contributed by atoms with Crippen molar-refractivity contribution in [1.82, 2.24) is 9.78 Å². The highest BCUT2D eigenvalue weighted by atomic mass is 16.1. The van der Waals surface area contributed by atoms with Crippen molar-refractivity contribution >= 4 is 11.7 Å². The number of carbonyl (C=O) groups is 1. The SMILES string of the molecule is CCCCCCCC(=O)Nc1cc(C)nn1C(C)(C)C. The summed E-state index contributed by atoms with van der Waals surface area (Å²) in [6, 6.07) is 1.93. The van der Waals surface area contributed by atoms with Crippen molar-refractivity contribution in [3.63, 3.8) is 0 Å². The van der Waals surface area contributed by atoms with Gasteiger partial charge in [0.15, 0.2) is 0 Å². The first-order chi connectivity index (χ1) is 9.34. The van der Waals surface area contributed by atoms with Crippen molar-refractivity contribution in [1.29, 1.82) is 0 Å². The molecule has 0 aromatic carbocycles. The third kappa shape index (κ3) is 5.35. The standard InChI is InChI=1S/C16H29N3O/c1-6-7-8-9-10-11-15(20)17-14-12-13(2)18-19(14)16(3,4)5/h12H,6-11H2,1-5H3,(H,17,20). The molecule has 4 heteroatoms. The quantitative estimate of drug-likeness (QED) is 0.759. The molecule has 1 rings (SSSR count).